The summed E-state index contributed by atoms with van der Waals surface area (Å²) in [6.07, 6.45) is 0.791. The highest BCUT2D eigenvalue weighted by Gasteiger charge is 2.48. The van der Waals surface area contributed by atoms with Gasteiger partial charge in [0.05, 0.1) is 35.5 Å². The van der Waals surface area contributed by atoms with E-state index in [9.17, 15) is 33.0 Å². The molecule has 2 amide bonds. The highest BCUT2D eigenvalue weighted by Crippen LogP contribution is 2.57. The number of hydrogen-bond acceptors (Lipinski definition) is 15. The van der Waals surface area contributed by atoms with Crippen molar-refractivity contribution in [2.75, 3.05) is 64.2 Å². The summed E-state index contributed by atoms with van der Waals surface area (Å²) in [5.41, 5.74) is 19.9. The Morgan fingerprint density at radius 1 is 0.952 bits per heavy atom. The Morgan fingerprint density at radius 3 is 2.40 bits per heavy atom. The monoisotopic (exact) mass is 1150 g/mol. The lowest BCUT2D eigenvalue weighted by Crippen LogP contribution is -2.64. The van der Waals surface area contributed by atoms with Crippen molar-refractivity contribution in [3.05, 3.63) is 125 Å². The molecule has 3 saturated heterocycles. The number of nitrogens with two attached hydrogens (primary N) is 1. The number of rotatable bonds is 11. The molecule has 4 aromatic carbocycles. The fraction of sp³-hybridized carbons (Fsp3) is 0.469. The first-order valence-corrected chi connectivity index (χ1v) is 31.0. The number of cyclic esters (lactones) is 1. The second-order valence-corrected chi connectivity index (χ2v) is 26.7. The first-order valence-electron chi connectivity index (χ1n) is 29.2. The van der Waals surface area contributed by atoms with E-state index in [4.69, 9.17) is 24.9 Å². The van der Waals surface area contributed by atoms with Crippen LogP contribution < -0.4 is 16.5 Å². The number of phenolic OH excluding ortho intramolecular Hbond substituents is 1. The van der Waals surface area contributed by atoms with Crippen LogP contribution in [0.5, 0.6) is 5.75 Å². The maximum absolute atomic E-state index is 14.9. The Bertz CT molecular complexity index is 3520. The van der Waals surface area contributed by atoms with Crippen LogP contribution in [0.2, 0.25) is 0 Å². The predicted molar refractivity (Wildman–Crippen MR) is 318 cm³/mol. The number of nitrogen functional groups attached to an aromatic ring is 1. The minimum atomic E-state index is -2.99. The highest BCUT2D eigenvalue weighted by molar-refractivity contribution is 7.91. The molecule has 18 nitrogen and oxygen atoms in total. The summed E-state index contributed by atoms with van der Waals surface area (Å²) in [5, 5.41) is 29.8. The summed E-state index contributed by atoms with van der Waals surface area (Å²) in [4.78, 5) is 52.7. The molecule has 6 aromatic rings. The number of benzene rings is 4. The number of nitrogens with one attached hydrogen (secondary N) is 2. The molecule has 1 aliphatic carbocycles. The van der Waals surface area contributed by atoms with Crippen molar-refractivity contribution in [2.45, 2.75) is 122 Å². The normalized spacial score (nSPS) is 25.5. The number of carbonyl (C=O) groups excluding carboxylic acids is 3. The molecule has 2 aromatic heterocycles. The van der Waals surface area contributed by atoms with Gasteiger partial charge in [-0.05, 0) is 120 Å². The molecule has 3 fully saturated rings. The number of nitrogens with zero attached hydrogens (tertiary/aromatic N) is 5. The summed E-state index contributed by atoms with van der Waals surface area (Å²) < 4.78 is 45.6. The number of aromatic nitrogens is 2. The Balaban J connectivity index is 0.965. The number of pyridine rings is 1. The number of aliphatic hydroxyl groups is 1. The van der Waals surface area contributed by atoms with E-state index in [1.54, 1.807) is 43.4 Å². The molecule has 0 spiro atoms. The maximum Gasteiger partial charge on any atom is 0.324 e. The Morgan fingerprint density at radius 2 is 1.69 bits per heavy atom. The Kier molecular flexibility index (Phi) is 16.4. The van der Waals surface area contributed by atoms with Gasteiger partial charge in [-0.25, -0.2) is 18.9 Å². The zero-order valence-corrected chi connectivity index (χ0v) is 49.3. The number of amides is 2. The minimum Gasteiger partial charge on any atom is -0.508 e. The lowest BCUT2D eigenvalue weighted by molar-refractivity contribution is -0.158. The van der Waals surface area contributed by atoms with E-state index in [-0.39, 0.29) is 53.9 Å². The van der Waals surface area contributed by atoms with Crippen molar-refractivity contribution in [1.82, 2.24) is 35.1 Å². The van der Waals surface area contributed by atoms with Crippen molar-refractivity contribution in [2.24, 2.45) is 11.3 Å². The van der Waals surface area contributed by atoms with Crippen LogP contribution in [0.15, 0.2) is 97.2 Å². The van der Waals surface area contributed by atoms with Crippen LogP contribution in [0, 0.1) is 11.3 Å². The number of sulfone groups is 1. The minimum absolute atomic E-state index is 0.00259. The molecule has 6 heterocycles. The standard InChI is InChI=1S/C64H78N8O10S/c1-8-71-52-20-17-42-32-48(52)53-54(59(80-7)55-49(57(53)71)33-44(34-66-55)40-13-11-38(12-14-40)35-70-23-26-83(78,79)27-24-70)64(4,5)36-82-63(77)50-10-9-22-72(68-50)61(75)51(30-39-28-43(42)31-46(73)29-39)67-60(74)56(37(2)3)69(6)62(76)58-47(21-25-81-58)41-15-18-45(65)19-16-41/h11-20,28-29,31-34,37,47,50-51,54,56,58-59,61,68,73,75H,8-10,21-27,30,35-36,65H2,1-7H3,(H,67,74)/t47-,50+,51+,54?,56+,58-,59+,61?/m1/s1. The molecule has 440 valence electrons. The van der Waals surface area contributed by atoms with Gasteiger partial charge in [-0.3, -0.25) is 24.3 Å². The summed E-state index contributed by atoms with van der Waals surface area (Å²) in [6.45, 7) is 13.1. The highest BCUT2D eigenvalue weighted by atomic mass is 32.2. The number of hydrogen-bond donors (Lipinski definition) is 5. The number of anilines is 1. The van der Waals surface area contributed by atoms with Crippen LogP contribution in [-0.2, 0) is 57.9 Å². The van der Waals surface area contributed by atoms with Gasteiger partial charge in [-0.1, -0.05) is 76.2 Å². The number of ether oxygens (including phenoxy) is 3. The van der Waals surface area contributed by atoms with Gasteiger partial charge < -0.3 is 44.9 Å². The van der Waals surface area contributed by atoms with Gasteiger partial charge in [0.25, 0.3) is 5.91 Å². The van der Waals surface area contributed by atoms with E-state index >= 15 is 0 Å². The van der Waals surface area contributed by atoms with Crippen LogP contribution in [0.25, 0.3) is 44.4 Å². The zero-order chi connectivity index (χ0) is 58.6. The molecule has 3 unspecified atom stereocenters. The van der Waals surface area contributed by atoms with E-state index in [2.05, 4.69) is 83.4 Å². The molecule has 0 saturated carbocycles. The van der Waals surface area contributed by atoms with E-state index in [0.717, 1.165) is 66.8 Å². The van der Waals surface area contributed by atoms with E-state index in [0.29, 0.717) is 69.8 Å². The number of esters is 1. The number of likely N-dealkylation sites (N-methyl/N-ethyl adjacent to an activating group) is 1. The third-order valence-electron chi connectivity index (χ3n) is 17.9. The molecule has 83 heavy (non-hydrogen) atoms. The SMILES string of the molecule is CCn1c2c3c4cc(ccc41)-c1cc(O)cc(c1)C[C@H](NC(=O)[C@H](C(C)C)N(C)C(=O)[C@@H]1OCC[C@@H]1c1ccc(N)cc1)C(O)N1CCC[C@H](N1)C(=O)OCC(C)(C)C3[C@H](OC)c1ncc(-c3ccc(CN4CCS(=O)(=O)CC4)cc3)cc1-2. The number of hydrazine groups is 1. The molecule has 9 atom stereocenters. The predicted octanol–water partition coefficient (Wildman–Crippen LogP) is 7.31. The fourth-order valence-electron chi connectivity index (χ4n) is 13.6. The van der Waals surface area contributed by atoms with Crippen LogP contribution in [0.3, 0.4) is 0 Å². The quantitative estimate of drug-likeness (QED) is 0.0633. The van der Waals surface area contributed by atoms with Crippen LogP contribution in [0.1, 0.15) is 99.8 Å². The van der Waals surface area contributed by atoms with Gasteiger partial charge in [0.2, 0.25) is 5.91 Å². The Hall–Kier alpha value is -6.71. The molecular weight excluding hydrogens is 1070 g/mol. The number of methoxy groups -OCH3 is 1. The topological polar surface area (TPSA) is 231 Å². The van der Waals surface area contributed by atoms with Crippen molar-refractivity contribution >= 4 is 44.2 Å². The maximum atomic E-state index is 14.9. The number of phenols is 1. The van der Waals surface area contributed by atoms with Gasteiger partial charge in [-0.15, -0.1) is 0 Å². The number of carbonyl (C=O) groups is 3. The molecule has 11 rings (SSSR count). The second kappa shape index (κ2) is 23.4. The van der Waals surface area contributed by atoms with E-state index < -0.39 is 63.7 Å². The van der Waals surface area contributed by atoms with Crippen molar-refractivity contribution < 1.29 is 47.2 Å². The summed E-state index contributed by atoms with van der Waals surface area (Å²) in [6, 6.07) is 26.8. The largest absolute Gasteiger partial charge is 0.508 e. The summed E-state index contributed by atoms with van der Waals surface area (Å²) >= 11 is 0. The molecule has 5 aliphatic rings. The average Bonchev–Trinajstić information content (AvgIpc) is 1.87. The molecule has 19 heteroatoms. The fourth-order valence-corrected chi connectivity index (χ4v) is 14.9. The lowest BCUT2D eigenvalue weighted by Gasteiger charge is -2.43. The number of aliphatic hydroxyl groups excluding tert-OH is 1. The van der Waals surface area contributed by atoms with E-state index in [1.165, 1.54) is 4.90 Å². The zero-order valence-electron chi connectivity index (χ0n) is 48.5. The third kappa shape index (κ3) is 11.5. The third-order valence-corrected chi connectivity index (χ3v) is 19.5. The second-order valence-electron chi connectivity index (χ2n) is 24.4. The van der Waals surface area contributed by atoms with Crippen molar-refractivity contribution in [1.29, 1.82) is 0 Å². The first-order chi connectivity index (χ1) is 39.7. The smallest absolute Gasteiger partial charge is 0.324 e. The van der Waals surface area contributed by atoms with Gasteiger partial charge in [-0.2, -0.15) is 0 Å². The van der Waals surface area contributed by atoms with Crippen LogP contribution >= 0.6 is 0 Å². The lowest BCUT2D eigenvalue weighted by atomic mass is 9.67. The van der Waals surface area contributed by atoms with Gasteiger partial charge in [0.15, 0.2) is 9.84 Å². The first kappa shape index (κ1) is 58.1. The van der Waals surface area contributed by atoms with Gasteiger partial charge >= 0.3 is 5.97 Å². The van der Waals surface area contributed by atoms with Gasteiger partial charge in [0.1, 0.15) is 36.3 Å². The number of fused-ring (bicyclic) bond motifs is 8. The molecule has 6 N–H and O–H groups in total. The number of aryl methyl sites for hydroxylation is 1. The summed E-state index contributed by atoms with van der Waals surface area (Å²) in [7, 11) is 0.329. The average molecular weight is 1150 g/mol. The molecule has 4 aliphatic heterocycles. The Labute approximate surface area is 486 Å². The van der Waals surface area contributed by atoms with Crippen molar-refractivity contribution in [3.8, 4) is 39.3 Å². The van der Waals surface area contributed by atoms with Crippen LogP contribution in [0.4, 0.5) is 5.69 Å². The summed E-state index contributed by atoms with van der Waals surface area (Å²) in [5.74, 6) is -1.91. The van der Waals surface area contributed by atoms with Gasteiger partial charge in [0, 0.05) is 105 Å². The van der Waals surface area contributed by atoms with Crippen LogP contribution in [-0.4, -0.2) is 150 Å². The molecule has 6 bridgehead atoms. The molecule has 0 radical (unpaired) electrons. The van der Waals surface area contributed by atoms with E-state index in [1.807, 2.05) is 44.3 Å². The number of aromatic hydroxyl groups is 1. The van der Waals surface area contributed by atoms with Crippen molar-refractivity contribution in [3.63, 3.8) is 0 Å². The molecular formula is C64H78N8O10S.